The third-order valence-electron chi connectivity index (χ3n) is 15.3. The van der Waals surface area contributed by atoms with E-state index in [4.69, 9.17) is 61.6 Å². The fourth-order valence-corrected chi connectivity index (χ4v) is 12.9. The van der Waals surface area contributed by atoms with Gasteiger partial charge in [0, 0.05) is 42.5 Å². The maximum atomic E-state index is 14.4. The molecule has 0 spiro atoms. The van der Waals surface area contributed by atoms with Crippen LogP contribution >= 0.6 is 11.8 Å². The van der Waals surface area contributed by atoms with Crippen LogP contribution in [0.15, 0.2) is 28.4 Å². The maximum Gasteiger partial charge on any atom is 0.442 e. The van der Waals surface area contributed by atoms with E-state index in [0.717, 1.165) is 50.0 Å². The molecular weight excluding hydrogens is 1080 g/mol. The Labute approximate surface area is 465 Å². The van der Waals surface area contributed by atoms with Crippen molar-refractivity contribution >= 4 is 35.5 Å². The molecule has 11 unspecified atom stereocenters. The van der Waals surface area contributed by atoms with E-state index in [1.54, 1.807) is 27.7 Å². The van der Waals surface area contributed by atoms with Crippen molar-refractivity contribution in [1.29, 1.82) is 0 Å². The Morgan fingerprint density at radius 1 is 0.750 bits per heavy atom. The summed E-state index contributed by atoms with van der Waals surface area (Å²) in [7, 11) is 0. The third kappa shape index (κ3) is 14.1. The summed E-state index contributed by atoms with van der Waals surface area (Å²) < 4.78 is 122. The number of halogens is 3. The Morgan fingerprint density at radius 2 is 1.34 bits per heavy atom. The minimum absolute atomic E-state index is 0.0139. The first-order valence-electron chi connectivity index (χ1n) is 27.8. The van der Waals surface area contributed by atoms with Crippen molar-refractivity contribution in [3.8, 4) is 5.75 Å². The quantitative estimate of drug-likeness (QED) is 0.0547. The number of nitrogens with zero attached hydrogens (tertiary/aromatic N) is 2. The molecule has 4 bridgehead atoms. The lowest BCUT2D eigenvalue weighted by Gasteiger charge is -2.37. The first kappa shape index (κ1) is 59.1. The van der Waals surface area contributed by atoms with Gasteiger partial charge in [0.15, 0.2) is 24.2 Å². The summed E-state index contributed by atoms with van der Waals surface area (Å²) in [5.74, 6) is -1.93. The van der Waals surface area contributed by atoms with Crippen LogP contribution in [-0.4, -0.2) is 205 Å². The molecule has 10 rings (SSSR count). The molecule has 5 amide bonds. The van der Waals surface area contributed by atoms with Crippen LogP contribution in [0.4, 0.5) is 18.0 Å². The highest BCUT2D eigenvalue weighted by Gasteiger charge is 2.66. The molecule has 446 valence electrons. The van der Waals surface area contributed by atoms with E-state index >= 15 is 0 Å². The largest absolute Gasteiger partial charge is 0.490 e. The van der Waals surface area contributed by atoms with Gasteiger partial charge in [0.2, 0.25) is 11.8 Å². The summed E-state index contributed by atoms with van der Waals surface area (Å²) in [5, 5.41) is 21.7. The Balaban J connectivity index is 0.654. The van der Waals surface area contributed by atoms with Crippen LogP contribution in [0.5, 0.6) is 5.75 Å². The van der Waals surface area contributed by atoms with Crippen molar-refractivity contribution in [2.45, 2.75) is 187 Å². The van der Waals surface area contributed by atoms with E-state index in [9.17, 15) is 32.3 Å². The SMILES string of the molecule is CC1(C)OC2C3OCC(O3)C(OCC(CO[C@@H]3C4COC(O4)C4OC(C)(C)O[C@@H]43)NC(=O)c3ccc(C4(C(F)(F)F)N=N4)cc3OCCOCCOCCNC(=O)CCCCCNC(=O)CCCCC3SCC4NC(=O)NC43)[C@H]2O1. The highest BCUT2D eigenvalue weighted by atomic mass is 32.2. The molecule has 9 aliphatic rings. The van der Waals surface area contributed by atoms with Crippen LogP contribution in [0.3, 0.4) is 0 Å². The summed E-state index contributed by atoms with van der Waals surface area (Å²) in [6.45, 7) is 8.56. The van der Waals surface area contributed by atoms with Crippen molar-refractivity contribution in [2.24, 2.45) is 10.2 Å². The number of thioether (sulfide) groups is 1. The molecule has 24 nitrogen and oxygen atoms in total. The summed E-state index contributed by atoms with van der Waals surface area (Å²) >= 11 is 1.87. The number of carbonyl (C=O) groups is 4. The number of benzene rings is 1. The third-order valence-corrected chi connectivity index (χ3v) is 16.8. The van der Waals surface area contributed by atoms with Gasteiger partial charge in [0.05, 0.1) is 76.5 Å². The molecule has 5 N–H and O–H groups in total. The Kier molecular flexibility index (Phi) is 18.8. The number of hydrogen-bond acceptors (Lipinski definition) is 20. The number of ether oxygens (including phenoxy) is 13. The minimum Gasteiger partial charge on any atom is -0.490 e. The Hall–Kier alpha value is -4.04. The normalized spacial score (nSPS) is 32.8. The van der Waals surface area contributed by atoms with Gasteiger partial charge in [-0.2, -0.15) is 24.9 Å². The second-order valence-electron chi connectivity index (χ2n) is 22.2. The molecule has 9 aliphatic heterocycles. The molecule has 0 aromatic heterocycles. The highest BCUT2D eigenvalue weighted by molar-refractivity contribution is 8.00. The van der Waals surface area contributed by atoms with Crippen molar-refractivity contribution in [3.05, 3.63) is 29.3 Å². The standard InChI is InChI=1S/C52H74F3N7O17S/c1-49(2)76-41-39(33-25-72-46(74-33)43(41)78-49)70-23-29(24-71-40-34-26-73-47(75-34)44-42(40)77-50(3,4)79-44)58-45(65)30-14-13-28(51(61-62-51)52(53,54)55)22-32(30)69-21-20-68-19-18-67-17-16-57-37(64)11-6-5-9-15-56-36(63)12-8-7-10-35-38-31(27-80-35)59-48(66)60-38/h13-14,22,29,31,33-35,38-44,46-47H,5-12,15-21,23-27H2,1-4H3,(H,56,63)(H,57,64)(H,58,65)(H2,59,60,66)/t29?,31?,33?,34?,35?,38?,39-,40?,41-,42-,43?,44?,46?,47?/m1/s1. The smallest absolute Gasteiger partial charge is 0.442 e. The number of hydrogen-bond donors (Lipinski definition) is 5. The van der Waals surface area contributed by atoms with Crippen molar-refractivity contribution in [1.82, 2.24) is 26.6 Å². The zero-order valence-corrected chi connectivity index (χ0v) is 46.2. The average molecular weight is 1160 g/mol. The number of unbranched alkanes of at least 4 members (excludes halogenated alkanes) is 3. The zero-order chi connectivity index (χ0) is 56.2. The Morgan fingerprint density at radius 3 is 1.96 bits per heavy atom. The van der Waals surface area contributed by atoms with Gasteiger partial charge in [-0.1, -0.05) is 18.9 Å². The molecule has 14 atom stereocenters. The van der Waals surface area contributed by atoms with Crippen molar-refractivity contribution < 1.29 is 93.9 Å². The van der Waals surface area contributed by atoms with Gasteiger partial charge in [-0.25, -0.2) is 4.79 Å². The van der Waals surface area contributed by atoms with E-state index in [2.05, 4.69) is 36.8 Å². The average Bonchev–Trinajstić information content (AvgIpc) is 4.02. The second kappa shape index (κ2) is 25.4. The number of fused-ring (bicyclic) bond motifs is 9. The van der Waals surface area contributed by atoms with Gasteiger partial charge < -0.3 is 88.2 Å². The van der Waals surface area contributed by atoms with E-state index in [-0.39, 0.29) is 106 Å². The molecule has 0 radical (unpaired) electrons. The summed E-state index contributed by atoms with van der Waals surface area (Å²) in [6.07, 6.45) is -4.98. The van der Waals surface area contributed by atoms with Crippen molar-refractivity contribution in [3.63, 3.8) is 0 Å². The fourth-order valence-electron chi connectivity index (χ4n) is 11.4. The van der Waals surface area contributed by atoms with Crippen LogP contribution < -0.4 is 31.3 Å². The molecule has 8 fully saturated rings. The molecule has 1 aromatic rings. The minimum atomic E-state index is -4.84. The maximum absolute atomic E-state index is 14.4. The number of alkyl halides is 3. The van der Waals surface area contributed by atoms with Crippen LogP contribution in [0.25, 0.3) is 0 Å². The molecular formula is C52H74F3N7O17S. The van der Waals surface area contributed by atoms with Gasteiger partial charge in [-0.05, 0) is 65.5 Å². The van der Waals surface area contributed by atoms with Crippen LogP contribution in [0.1, 0.15) is 95.0 Å². The summed E-state index contributed by atoms with van der Waals surface area (Å²) in [5.41, 5.74) is -3.22. The number of amides is 5. The molecule has 1 aromatic carbocycles. The lowest BCUT2D eigenvalue weighted by atomic mass is 9.99. The molecule has 0 aliphatic carbocycles. The summed E-state index contributed by atoms with van der Waals surface area (Å²) in [4.78, 5) is 50.6. The van der Waals surface area contributed by atoms with Gasteiger partial charge >= 0.3 is 17.9 Å². The summed E-state index contributed by atoms with van der Waals surface area (Å²) in [6, 6.07) is 2.85. The number of nitrogens with one attached hydrogen (secondary N) is 5. The van der Waals surface area contributed by atoms with Gasteiger partial charge in [0.25, 0.3) is 5.91 Å². The number of rotatable bonds is 30. The van der Waals surface area contributed by atoms with Crippen LogP contribution in [0, 0.1) is 0 Å². The molecule has 9 heterocycles. The fraction of sp³-hybridized carbons (Fsp3) is 0.808. The number of carbonyl (C=O) groups excluding carboxylic acids is 4. The lowest BCUT2D eigenvalue weighted by Crippen LogP contribution is -2.56. The zero-order valence-electron chi connectivity index (χ0n) is 45.3. The predicted octanol–water partition coefficient (Wildman–Crippen LogP) is 3.22. The first-order valence-corrected chi connectivity index (χ1v) is 28.9. The van der Waals surface area contributed by atoms with Gasteiger partial charge in [0.1, 0.15) is 61.2 Å². The van der Waals surface area contributed by atoms with E-state index in [1.807, 2.05) is 11.8 Å². The van der Waals surface area contributed by atoms with E-state index in [0.29, 0.717) is 37.6 Å². The predicted molar refractivity (Wildman–Crippen MR) is 272 cm³/mol. The second-order valence-corrected chi connectivity index (χ2v) is 23.5. The topological polar surface area (TPSA) is 273 Å². The van der Waals surface area contributed by atoms with Crippen LogP contribution in [-0.2, 0) is 72.1 Å². The van der Waals surface area contributed by atoms with Gasteiger partial charge in [-0.3, -0.25) is 14.4 Å². The van der Waals surface area contributed by atoms with Crippen LogP contribution in [0.2, 0.25) is 0 Å². The molecule has 28 heteroatoms. The highest BCUT2D eigenvalue weighted by Crippen LogP contribution is 2.53. The van der Waals surface area contributed by atoms with E-state index in [1.165, 1.54) is 6.07 Å². The molecule has 8 saturated heterocycles. The number of urea groups is 1. The lowest BCUT2D eigenvalue weighted by molar-refractivity contribution is -0.213. The first-order chi connectivity index (χ1) is 38.3. The Bertz CT molecular complexity index is 2320. The van der Waals surface area contributed by atoms with Crippen molar-refractivity contribution in [2.75, 3.05) is 78.3 Å². The van der Waals surface area contributed by atoms with E-state index < -0.39 is 96.8 Å². The monoisotopic (exact) mass is 1160 g/mol. The molecule has 0 saturated carbocycles. The molecule has 80 heavy (non-hydrogen) atoms. The van der Waals surface area contributed by atoms with Gasteiger partial charge in [-0.15, -0.1) is 10.2 Å².